The molecule has 1 unspecified atom stereocenters. The van der Waals surface area contributed by atoms with Gasteiger partial charge >= 0.3 is 0 Å². The summed E-state index contributed by atoms with van der Waals surface area (Å²) in [7, 11) is 1.78. The molecule has 0 aliphatic carbocycles. The van der Waals surface area contributed by atoms with Gasteiger partial charge in [0.05, 0.1) is 6.61 Å². The van der Waals surface area contributed by atoms with E-state index < -0.39 is 37.1 Å². The van der Waals surface area contributed by atoms with E-state index in [-0.39, 0.29) is 0 Å². The second-order valence-corrected chi connectivity index (χ2v) is 8.37. The molecule has 2 heterocycles. The Kier molecular flexibility index (Phi) is 7.10. The van der Waals surface area contributed by atoms with E-state index in [1.54, 1.807) is 36.3 Å². The first-order chi connectivity index (χ1) is 15.9. The predicted molar refractivity (Wildman–Crippen MR) is 120 cm³/mol. The first kappa shape index (κ1) is 23.4. The molecule has 1 fully saturated rings. The summed E-state index contributed by atoms with van der Waals surface area (Å²) in [6, 6.07) is 12.9. The largest absolute Gasteiger partial charge is 0.394 e. The lowest BCUT2D eigenvalue weighted by molar-refractivity contribution is -0.231. The van der Waals surface area contributed by atoms with Crippen LogP contribution in [-0.4, -0.2) is 66.2 Å². The molecule has 4 N–H and O–H groups in total. The van der Waals surface area contributed by atoms with Crippen LogP contribution in [0.2, 0.25) is 5.02 Å². The highest BCUT2D eigenvalue weighted by atomic mass is 35.5. The number of aromatic nitrogens is 3. The van der Waals surface area contributed by atoms with Gasteiger partial charge < -0.3 is 25.2 Å². The van der Waals surface area contributed by atoms with E-state index in [4.69, 9.17) is 16.3 Å². The van der Waals surface area contributed by atoms with Crippen LogP contribution in [0.3, 0.4) is 0 Å². The Labute approximate surface area is 196 Å². The molecule has 0 saturated carbocycles. The fourth-order valence-corrected chi connectivity index (χ4v) is 3.92. The molecule has 0 amide bonds. The highest BCUT2D eigenvalue weighted by Crippen LogP contribution is 2.34. The molecular formula is C24H24ClN3O5. The topological polar surface area (TPSA) is 121 Å². The summed E-state index contributed by atoms with van der Waals surface area (Å²) >= 11 is 6.41. The van der Waals surface area contributed by atoms with E-state index in [1.807, 2.05) is 24.3 Å². The van der Waals surface area contributed by atoms with Crippen molar-refractivity contribution in [3.05, 3.63) is 81.9 Å². The van der Waals surface area contributed by atoms with Gasteiger partial charge in [0.1, 0.15) is 36.8 Å². The van der Waals surface area contributed by atoms with Crippen LogP contribution in [0, 0.1) is 11.8 Å². The Morgan fingerprint density at radius 1 is 1.03 bits per heavy atom. The Morgan fingerprint density at radius 2 is 1.79 bits per heavy atom. The normalized spacial score (nSPS) is 24.8. The maximum Gasteiger partial charge on any atom is 0.225 e. The molecule has 5 atom stereocenters. The van der Waals surface area contributed by atoms with Crippen LogP contribution in [0.4, 0.5) is 0 Å². The highest BCUT2D eigenvalue weighted by Gasteiger charge is 2.44. The van der Waals surface area contributed by atoms with Crippen molar-refractivity contribution in [2.45, 2.75) is 36.9 Å². The summed E-state index contributed by atoms with van der Waals surface area (Å²) in [5, 5.41) is 44.6. The quantitative estimate of drug-likeness (QED) is 0.420. The third-order valence-corrected chi connectivity index (χ3v) is 5.93. The SMILES string of the molecule is Cn1cnc(C#Cc2ccc(Cc3cc([C@@H]4O[C@H](CO)[C@@H](O)C(O)[C@H]4O)ccc3Cl)cc2)n1. The number of aryl methyl sites for hydroxylation is 1. The van der Waals surface area contributed by atoms with Gasteiger partial charge in [0, 0.05) is 17.6 Å². The van der Waals surface area contributed by atoms with E-state index >= 15 is 0 Å². The van der Waals surface area contributed by atoms with Crippen LogP contribution in [0.1, 0.15) is 34.2 Å². The third-order valence-electron chi connectivity index (χ3n) is 5.56. The zero-order chi connectivity index (χ0) is 23.5. The van der Waals surface area contributed by atoms with Gasteiger partial charge in [-0.2, -0.15) is 0 Å². The van der Waals surface area contributed by atoms with Gasteiger partial charge in [0.25, 0.3) is 0 Å². The number of ether oxygens (including phenoxy) is 1. The van der Waals surface area contributed by atoms with Crippen molar-refractivity contribution in [2.24, 2.45) is 7.05 Å². The summed E-state index contributed by atoms with van der Waals surface area (Å²) in [5.74, 6) is 6.40. The van der Waals surface area contributed by atoms with Gasteiger partial charge in [0.2, 0.25) is 5.82 Å². The average molecular weight is 470 g/mol. The van der Waals surface area contributed by atoms with Crippen molar-refractivity contribution < 1.29 is 25.2 Å². The number of hydrogen-bond donors (Lipinski definition) is 4. The molecule has 0 spiro atoms. The van der Waals surface area contributed by atoms with E-state index in [9.17, 15) is 20.4 Å². The van der Waals surface area contributed by atoms with Gasteiger partial charge in [-0.05, 0) is 47.2 Å². The van der Waals surface area contributed by atoms with Crippen molar-refractivity contribution in [3.8, 4) is 11.8 Å². The second kappa shape index (κ2) is 10.0. The van der Waals surface area contributed by atoms with Crippen molar-refractivity contribution in [1.82, 2.24) is 14.8 Å². The molecule has 3 aromatic rings. The van der Waals surface area contributed by atoms with Gasteiger partial charge in [-0.15, -0.1) is 5.10 Å². The molecule has 1 saturated heterocycles. The second-order valence-electron chi connectivity index (χ2n) is 7.97. The molecule has 1 aliphatic rings. The molecule has 9 heteroatoms. The fraction of sp³-hybridized carbons (Fsp3) is 0.333. The number of rotatable bonds is 4. The fourth-order valence-electron chi connectivity index (χ4n) is 3.73. The smallest absolute Gasteiger partial charge is 0.225 e. The minimum atomic E-state index is -1.44. The Hall–Kier alpha value is -2.77. The summed E-state index contributed by atoms with van der Waals surface area (Å²) in [6.45, 7) is -0.479. The summed E-state index contributed by atoms with van der Waals surface area (Å²) < 4.78 is 7.25. The standard InChI is InChI=1S/C24H24ClN3O5/c1-28-13-26-20(27-28)9-6-14-2-4-15(5-3-14)10-17-11-16(7-8-18(17)25)24-23(32)22(31)21(30)19(12-29)33-24/h2-5,7-8,11,13,19,21-24,29-32H,10,12H2,1H3/t19-,21-,22?,23-,24+/m1/s1. The third kappa shape index (κ3) is 5.25. The number of benzene rings is 2. The molecule has 172 valence electrons. The zero-order valence-electron chi connectivity index (χ0n) is 17.8. The molecular weight excluding hydrogens is 446 g/mol. The lowest BCUT2D eigenvalue weighted by atomic mass is 9.90. The number of aliphatic hydroxyl groups is 4. The number of halogens is 1. The van der Waals surface area contributed by atoms with Gasteiger partial charge in [0.15, 0.2) is 0 Å². The van der Waals surface area contributed by atoms with E-state index in [2.05, 4.69) is 21.9 Å². The Bertz CT molecular complexity index is 1170. The van der Waals surface area contributed by atoms with Crippen molar-refractivity contribution in [3.63, 3.8) is 0 Å². The van der Waals surface area contributed by atoms with Gasteiger partial charge in [-0.1, -0.05) is 41.8 Å². The lowest BCUT2D eigenvalue weighted by Crippen LogP contribution is -2.55. The van der Waals surface area contributed by atoms with E-state index in [0.717, 1.165) is 16.7 Å². The van der Waals surface area contributed by atoms with Gasteiger partial charge in [-0.25, -0.2) is 4.98 Å². The summed E-state index contributed by atoms with van der Waals surface area (Å²) in [4.78, 5) is 4.08. The van der Waals surface area contributed by atoms with Gasteiger partial charge in [-0.3, -0.25) is 4.68 Å². The summed E-state index contributed by atoms with van der Waals surface area (Å²) in [6.07, 6.45) is -3.94. The Balaban J connectivity index is 1.51. The molecule has 8 nitrogen and oxygen atoms in total. The maximum atomic E-state index is 10.4. The minimum Gasteiger partial charge on any atom is -0.394 e. The van der Waals surface area contributed by atoms with Crippen LogP contribution in [0.15, 0.2) is 48.8 Å². The molecule has 4 rings (SSSR count). The lowest BCUT2D eigenvalue weighted by Gasteiger charge is -2.40. The van der Waals surface area contributed by atoms with Crippen molar-refractivity contribution in [2.75, 3.05) is 6.61 Å². The molecule has 33 heavy (non-hydrogen) atoms. The highest BCUT2D eigenvalue weighted by molar-refractivity contribution is 6.31. The zero-order valence-corrected chi connectivity index (χ0v) is 18.6. The molecule has 1 aromatic heterocycles. The first-order valence-electron chi connectivity index (χ1n) is 10.4. The molecule has 0 bridgehead atoms. The van der Waals surface area contributed by atoms with Crippen molar-refractivity contribution in [1.29, 1.82) is 0 Å². The van der Waals surface area contributed by atoms with Crippen LogP contribution in [0.25, 0.3) is 0 Å². The van der Waals surface area contributed by atoms with E-state index in [1.165, 1.54) is 0 Å². The average Bonchev–Trinajstić information content (AvgIpc) is 3.24. The number of hydrogen-bond acceptors (Lipinski definition) is 7. The van der Waals surface area contributed by atoms with E-state index in [0.29, 0.717) is 22.8 Å². The van der Waals surface area contributed by atoms with Crippen LogP contribution in [0.5, 0.6) is 0 Å². The monoisotopic (exact) mass is 469 g/mol. The molecule has 2 aromatic carbocycles. The predicted octanol–water partition coefficient (Wildman–Crippen LogP) is 0.974. The van der Waals surface area contributed by atoms with Crippen LogP contribution < -0.4 is 0 Å². The molecule has 0 radical (unpaired) electrons. The number of nitrogens with zero attached hydrogens (tertiary/aromatic N) is 3. The molecule has 1 aliphatic heterocycles. The maximum absolute atomic E-state index is 10.4. The van der Waals surface area contributed by atoms with Crippen LogP contribution in [-0.2, 0) is 18.2 Å². The van der Waals surface area contributed by atoms with Crippen molar-refractivity contribution >= 4 is 11.6 Å². The minimum absolute atomic E-state index is 0.457. The summed E-state index contributed by atoms with van der Waals surface area (Å²) in [5.41, 5.74) is 3.23. The van der Waals surface area contributed by atoms with Crippen LogP contribution >= 0.6 is 11.6 Å². The Morgan fingerprint density at radius 3 is 2.45 bits per heavy atom. The number of aliphatic hydroxyl groups excluding tert-OH is 4. The first-order valence-corrected chi connectivity index (χ1v) is 10.8.